The number of rotatable bonds is 5. The van der Waals surface area contributed by atoms with E-state index in [2.05, 4.69) is 0 Å². The van der Waals surface area contributed by atoms with Gasteiger partial charge in [-0.05, 0) is 42.3 Å². The molecule has 0 aromatic heterocycles. The van der Waals surface area contributed by atoms with Crippen molar-refractivity contribution >= 4 is 11.8 Å². The first-order chi connectivity index (χ1) is 24.7. The molecule has 52 heavy (non-hydrogen) atoms. The average Bonchev–Trinajstić information content (AvgIpc) is 3.09. The van der Waals surface area contributed by atoms with Crippen LogP contribution in [0.3, 0.4) is 0 Å². The van der Waals surface area contributed by atoms with Gasteiger partial charge in [0.2, 0.25) is 5.60 Å². The highest BCUT2D eigenvalue weighted by molar-refractivity contribution is 6.09. The minimum Gasteiger partial charge on any atom is -0.508 e. The van der Waals surface area contributed by atoms with Gasteiger partial charge >= 0.3 is 5.97 Å². The van der Waals surface area contributed by atoms with Gasteiger partial charge in [0.1, 0.15) is 46.7 Å². The second-order valence-corrected chi connectivity index (χ2v) is 12.8. The fourth-order valence-corrected chi connectivity index (χ4v) is 6.96. The lowest BCUT2D eigenvalue weighted by molar-refractivity contribution is -0.175. The standard InChI is InChI=1S/C37H32O15/c38-17-11-24(44)29-26(12-17)50-34(16-5-7-20(40)23(43)10-16)32(47)31(29)30-25(45)14-21(41)18-13-27(51-36(48)37(49)8-2-1-3-28(37)46)33(52-35(18)30)15-4-6-19(39)22(42)9-15/h2,4-12,14,27,31-34,38-45,47,49H,1,3,13H2/t27-,31-,32-,33+,34+,37-/m0/s1. The van der Waals surface area contributed by atoms with Gasteiger partial charge in [-0.2, -0.15) is 0 Å². The number of fused-ring (bicyclic) bond motifs is 2. The van der Waals surface area contributed by atoms with Crippen LogP contribution >= 0.6 is 0 Å². The molecule has 0 saturated heterocycles. The van der Waals surface area contributed by atoms with Crippen LogP contribution in [-0.2, 0) is 20.7 Å². The predicted octanol–water partition coefficient (Wildman–Crippen LogP) is 3.20. The Morgan fingerprint density at radius 2 is 1.37 bits per heavy atom. The van der Waals surface area contributed by atoms with E-state index in [0.717, 1.165) is 48.5 Å². The van der Waals surface area contributed by atoms with Gasteiger partial charge in [0.15, 0.2) is 41.0 Å². The normalized spacial score (nSPS) is 25.0. The van der Waals surface area contributed by atoms with Crippen LogP contribution in [0.4, 0.5) is 0 Å². The Labute approximate surface area is 293 Å². The summed E-state index contributed by atoms with van der Waals surface area (Å²) in [6.07, 6.45) is -3.64. The van der Waals surface area contributed by atoms with Crippen molar-refractivity contribution in [1.82, 2.24) is 0 Å². The first-order valence-electron chi connectivity index (χ1n) is 16.0. The van der Waals surface area contributed by atoms with Crippen molar-refractivity contribution < 1.29 is 74.9 Å². The van der Waals surface area contributed by atoms with Crippen molar-refractivity contribution in [2.75, 3.05) is 0 Å². The van der Waals surface area contributed by atoms with E-state index in [1.165, 1.54) is 18.2 Å². The molecule has 1 aliphatic carbocycles. The summed E-state index contributed by atoms with van der Waals surface area (Å²) >= 11 is 0. The highest BCUT2D eigenvalue weighted by Gasteiger charge is 2.49. The SMILES string of the molecule is O=C1CCC=C[C@@]1(O)C(=O)O[C@H]1Cc2c(O)cc(O)c([C@@H]3c4c(O)cc(O)cc4O[C@H](c4ccc(O)c(O)c4)[C@H]3O)c2O[C@@H]1c1ccc(O)c(O)c1. The molecule has 0 spiro atoms. The van der Waals surface area contributed by atoms with Crippen LogP contribution in [0.15, 0.2) is 66.7 Å². The number of hydrogen-bond acceptors (Lipinski definition) is 15. The van der Waals surface area contributed by atoms with E-state index < -0.39 is 93.7 Å². The number of aliphatic hydroxyl groups excluding tert-OH is 1. The monoisotopic (exact) mass is 716 g/mol. The third-order valence-corrected chi connectivity index (χ3v) is 9.55. The Bertz CT molecular complexity index is 2160. The van der Waals surface area contributed by atoms with Gasteiger partial charge in [-0.25, -0.2) is 4.79 Å². The second kappa shape index (κ2) is 12.5. The quantitative estimate of drug-likeness (QED) is 0.0615. The van der Waals surface area contributed by atoms with E-state index >= 15 is 0 Å². The maximum atomic E-state index is 13.4. The minimum absolute atomic E-state index is 0.0697. The second-order valence-electron chi connectivity index (χ2n) is 12.8. The van der Waals surface area contributed by atoms with Gasteiger partial charge < -0.3 is 65.3 Å². The zero-order chi connectivity index (χ0) is 37.2. The Morgan fingerprint density at radius 3 is 2.00 bits per heavy atom. The third-order valence-electron chi connectivity index (χ3n) is 9.55. The van der Waals surface area contributed by atoms with Crippen LogP contribution in [0.2, 0.25) is 0 Å². The molecule has 15 nitrogen and oxygen atoms in total. The van der Waals surface area contributed by atoms with Crippen molar-refractivity contribution in [3.05, 3.63) is 94.6 Å². The van der Waals surface area contributed by atoms with E-state index in [4.69, 9.17) is 14.2 Å². The maximum Gasteiger partial charge on any atom is 0.350 e. The van der Waals surface area contributed by atoms with Crippen LogP contribution in [-0.4, -0.2) is 80.6 Å². The summed E-state index contributed by atoms with van der Waals surface area (Å²) in [6.45, 7) is 0. The number of esters is 1. The molecular weight excluding hydrogens is 684 g/mol. The van der Waals surface area contributed by atoms with Gasteiger partial charge in [-0.1, -0.05) is 18.2 Å². The van der Waals surface area contributed by atoms with E-state index in [-0.39, 0.29) is 52.2 Å². The summed E-state index contributed by atoms with van der Waals surface area (Å²) in [5.41, 5.74) is -2.76. The van der Waals surface area contributed by atoms with E-state index in [9.17, 15) is 60.7 Å². The Hall–Kier alpha value is -6.32. The Morgan fingerprint density at radius 1 is 0.731 bits per heavy atom. The summed E-state index contributed by atoms with van der Waals surface area (Å²) in [6, 6.07) is 10.3. The number of allylic oxidation sites excluding steroid dienone is 1. The van der Waals surface area contributed by atoms with Crippen LogP contribution in [0.5, 0.6) is 57.5 Å². The van der Waals surface area contributed by atoms with Gasteiger partial charge in [0.25, 0.3) is 0 Å². The average molecular weight is 717 g/mol. The fraction of sp³-hybridized carbons (Fsp3) is 0.243. The molecule has 7 rings (SSSR count). The lowest BCUT2D eigenvalue weighted by atomic mass is 9.77. The topological polar surface area (TPSA) is 264 Å². The van der Waals surface area contributed by atoms with Crippen molar-refractivity contribution in [3.8, 4) is 57.5 Å². The minimum atomic E-state index is -2.61. The van der Waals surface area contributed by atoms with Crippen molar-refractivity contribution in [1.29, 1.82) is 0 Å². The molecule has 0 fully saturated rings. The summed E-state index contributed by atoms with van der Waals surface area (Å²) in [4.78, 5) is 26.0. The number of aromatic hydroxyl groups is 8. The first-order valence-corrected chi connectivity index (χ1v) is 16.0. The molecule has 3 aliphatic rings. The summed E-state index contributed by atoms with van der Waals surface area (Å²) in [5.74, 6) is -8.26. The fourth-order valence-electron chi connectivity index (χ4n) is 6.96. The lowest BCUT2D eigenvalue weighted by Gasteiger charge is -2.41. The molecule has 4 aromatic rings. The molecule has 4 aromatic carbocycles. The van der Waals surface area contributed by atoms with Gasteiger partial charge in [-0.15, -0.1) is 0 Å². The van der Waals surface area contributed by atoms with Crippen molar-refractivity contribution in [2.45, 2.75) is 55.2 Å². The molecule has 10 N–H and O–H groups in total. The van der Waals surface area contributed by atoms with Crippen LogP contribution in [0.1, 0.15) is 58.8 Å². The van der Waals surface area contributed by atoms with E-state index in [1.807, 2.05) is 0 Å². The number of Topliss-reactive ketones (excluding diaryl/α,β-unsaturated/α-hetero) is 1. The molecule has 2 heterocycles. The molecule has 0 bridgehead atoms. The Kier molecular flexibility index (Phi) is 8.19. The highest BCUT2D eigenvalue weighted by atomic mass is 16.6. The Balaban J connectivity index is 1.40. The molecule has 2 aliphatic heterocycles. The zero-order valence-corrected chi connectivity index (χ0v) is 26.9. The lowest BCUT2D eigenvalue weighted by Crippen LogP contribution is -2.50. The molecule has 0 saturated carbocycles. The van der Waals surface area contributed by atoms with Gasteiger partial charge in [0, 0.05) is 53.3 Å². The number of ketones is 1. The zero-order valence-electron chi connectivity index (χ0n) is 26.9. The molecule has 0 radical (unpaired) electrons. The summed E-state index contributed by atoms with van der Waals surface area (Å²) < 4.78 is 18.1. The number of aliphatic hydroxyl groups is 2. The summed E-state index contributed by atoms with van der Waals surface area (Å²) in [7, 11) is 0. The van der Waals surface area contributed by atoms with Crippen LogP contribution < -0.4 is 9.47 Å². The van der Waals surface area contributed by atoms with E-state index in [1.54, 1.807) is 0 Å². The van der Waals surface area contributed by atoms with Crippen molar-refractivity contribution in [2.24, 2.45) is 0 Å². The maximum absolute atomic E-state index is 13.4. The number of phenolic OH excluding ortho intramolecular Hbond substituents is 8. The van der Waals surface area contributed by atoms with Gasteiger partial charge in [-0.3, -0.25) is 4.79 Å². The molecular formula is C37H32O15. The van der Waals surface area contributed by atoms with Crippen LogP contribution in [0, 0.1) is 0 Å². The number of carbonyl (C=O) groups excluding carboxylic acids is 2. The van der Waals surface area contributed by atoms with Crippen molar-refractivity contribution in [3.63, 3.8) is 0 Å². The summed E-state index contributed by atoms with van der Waals surface area (Å²) in [5, 5.41) is 108. The largest absolute Gasteiger partial charge is 0.508 e. The van der Waals surface area contributed by atoms with Crippen LogP contribution in [0.25, 0.3) is 0 Å². The van der Waals surface area contributed by atoms with E-state index in [0.29, 0.717) is 6.42 Å². The van der Waals surface area contributed by atoms with Gasteiger partial charge in [0.05, 0.1) is 5.92 Å². The molecule has 0 unspecified atom stereocenters. The number of ether oxygens (including phenoxy) is 3. The smallest absolute Gasteiger partial charge is 0.350 e. The number of benzene rings is 4. The predicted molar refractivity (Wildman–Crippen MR) is 176 cm³/mol. The molecule has 0 amide bonds. The molecule has 270 valence electrons. The number of hydrogen-bond donors (Lipinski definition) is 10. The molecule has 6 atom stereocenters. The number of carbonyl (C=O) groups is 2. The third kappa shape index (κ3) is 5.56. The first kappa shape index (κ1) is 34.1. The highest BCUT2D eigenvalue weighted by Crippen LogP contribution is 2.57. The number of phenols is 8. The molecule has 15 heteroatoms.